The number of allylic oxidation sites excluding steroid dienone is 1. The molecular weight excluding hydrogens is 390 g/mol. The van der Waals surface area contributed by atoms with E-state index in [4.69, 9.17) is 9.29 Å². The summed E-state index contributed by atoms with van der Waals surface area (Å²) in [6, 6.07) is 13.0. The van der Waals surface area contributed by atoms with Crippen molar-refractivity contribution in [2.24, 2.45) is 0 Å². The predicted molar refractivity (Wildman–Crippen MR) is 114 cm³/mol. The number of rotatable bonds is 7. The van der Waals surface area contributed by atoms with Gasteiger partial charge in [-0.05, 0) is 38.1 Å². The molecule has 3 rings (SSSR count). The van der Waals surface area contributed by atoms with Gasteiger partial charge in [0.05, 0.1) is 18.3 Å². The van der Waals surface area contributed by atoms with Crippen LogP contribution in [-0.4, -0.2) is 47.8 Å². The molecule has 29 heavy (non-hydrogen) atoms. The fourth-order valence-electron chi connectivity index (χ4n) is 3.75. The van der Waals surface area contributed by atoms with Crippen molar-refractivity contribution in [2.45, 2.75) is 25.7 Å². The number of benzene rings is 2. The van der Waals surface area contributed by atoms with Crippen LogP contribution in [0.2, 0.25) is 0 Å². The van der Waals surface area contributed by atoms with Gasteiger partial charge in [-0.3, -0.25) is 4.55 Å². The van der Waals surface area contributed by atoms with Crippen molar-refractivity contribution < 1.29 is 27.4 Å². The summed E-state index contributed by atoms with van der Waals surface area (Å²) in [4.78, 5) is 0. The van der Waals surface area contributed by atoms with Gasteiger partial charge in [-0.2, -0.15) is 13.0 Å². The van der Waals surface area contributed by atoms with Crippen LogP contribution in [0.5, 0.6) is 11.5 Å². The van der Waals surface area contributed by atoms with E-state index in [1.807, 2.05) is 30.4 Å². The molecular formula is C22H26NO5S+. The first-order valence-electron chi connectivity index (χ1n) is 9.38. The highest BCUT2D eigenvalue weighted by Crippen LogP contribution is 2.40. The van der Waals surface area contributed by atoms with E-state index < -0.39 is 10.1 Å². The molecule has 2 N–H and O–H groups in total. The highest BCUT2D eigenvalue weighted by atomic mass is 32.2. The first kappa shape index (κ1) is 21.1. The lowest BCUT2D eigenvalue weighted by Crippen LogP contribution is -2.28. The number of aromatic hydroxyl groups is 1. The highest BCUT2D eigenvalue weighted by Gasteiger charge is 2.43. The zero-order chi connectivity index (χ0) is 21.2. The van der Waals surface area contributed by atoms with Crippen molar-refractivity contribution in [3.63, 3.8) is 0 Å². The van der Waals surface area contributed by atoms with E-state index in [0.29, 0.717) is 24.3 Å². The third kappa shape index (κ3) is 4.52. The first-order valence-corrected chi connectivity index (χ1v) is 11.0. The number of hydrogen-bond acceptors (Lipinski definition) is 4. The SMILES string of the molecule is COc1ccc(O)c(/C=C/C2=[N+](CCCS(=O)(=O)O)c3ccccc3C2(C)C)c1. The minimum absolute atomic E-state index is 0.147. The second-order valence-corrected chi connectivity index (χ2v) is 9.15. The Hall–Kier alpha value is -2.64. The fourth-order valence-corrected chi connectivity index (χ4v) is 4.24. The molecule has 1 heterocycles. The molecule has 1 aliphatic heterocycles. The van der Waals surface area contributed by atoms with E-state index in [9.17, 15) is 13.5 Å². The maximum atomic E-state index is 11.1. The van der Waals surface area contributed by atoms with Gasteiger partial charge in [0.25, 0.3) is 10.1 Å². The zero-order valence-corrected chi connectivity index (χ0v) is 17.6. The minimum atomic E-state index is -4.01. The van der Waals surface area contributed by atoms with E-state index in [1.165, 1.54) is 0 Å². The van der Waals surface area contributed by atoms with E-state index in [1.54, 1.807) is 25.3 Å². The lowest BCUT2D eigenvalue weighted by molar-refractivity contribution is -0.437. The molecule has 0 aromatic heterocycles. The predicted octanol–water partition coefficient (Wildman–Crippen LogP) is 3.77. The lowest BCUT2D eigenvalue weighted by atomic mass is 9.81. The summed E-state index contributed by atoms with van der Waals surface area (Å²) in [5.74, 6) is 0.500. The Balaban J connectivity index is 2.02. The van der Waals surface area contributed by atoms with Gasteiger partial charge in [0.2, 0.25) is 5.69 Å². The Labute approximate surface area is 171 Å². The molecule has 2 aromatic rings. The number of para-hydroxylation sites is 1. The smallest absolute Gasteiger partial charge is 0.265 e. The largest absolute Gasteiger partial charge is 0.507 e. The Morgan fingerprint density at radius 1 is 1.14 bits per heavy atom. The Kier molecular flexibility index (Phi) is 5.82. The van der Waals surface area contributed by atoms with Gasteiger partial charge in [0, 0.05) is 29.7 Å². The second-order valence-electron chi connectivity index (χ2n) is 7.58. The molecule has 6 nitrogen and oxygen atoms in total. The molecule has 154 valence electrons. The molecule has 0 spiro atoms. The second kappa shape index (κ2) is 8.00. The number of nitrogens with zero attached hydrogens (tertiary/aromatic N) is 1. The van der Waals surface area contributed by atoms with E-state index in [2.05, 4.69) is 24.5 Å². The summed E-state index contributed by atoms with van der Waals surface area (Å²) in [5, 5.41) is 10.2. The molecule has 0 unspecified atom stereocenters. The molecule has 0 saturated heterocycles. The summed E-state index contributed by atoms with van der Waals surface area (Å²) in [5.41, 5.74) is 3.46. The summed E-state index contributed by atoms with van der Waals surface area (Å²) in [7, 11) is -2.44. The molecule has 7 heteroatoms. The molecule has 0 saturated carbocycles. The van der Waals surface area contributed by atoms with Gasteiger partial charge < -0.3 is 9.84 Å². The quantitative estimate of drug-likeness (QED) is 0.530. The maximum Gasteiger partial charge on any atom is 0.265 e. The van der Waals surface area contributed by atoms with E-state index in [-0.39, 0.29) is 16.9 Å². The molecule has 0 aliphatic carbocycles. The van der Waals surface area contributed by atoms with Crippen molar-refractivity contribution in [3.05, 3.63) is 59.7 Å². The third-order valence-corrected chi connectivity index (χ3v) is 6.04. The van der Waals surface area contributed by atoms with Crippen LogP contribution in [0.4, 0.5) is 5.69 Å². The van der Waals surface area contributed by atoms with Crippen LogP contribution < -0.4 is 4.74 Å². The number of phenolic OH excluding ortho intramolecular Hbond substituents is 1. The van der Waals surface area contributed by atoms with Crippen LogP contribution in [0.1, 0.15) is 31.4 Å². The first-order chi connectivity index (χ1) is 13.6. The Morgan fingerprint density at radius 3 is 2.55 bits per heavy atom. The molecule has 0 bridgehead atoms. The summed E-state index contributed by atoms with van der Waals surface area (Å²) in [6.45, 7) is 4.67. The van der Waals surface area contributed by atoms with Gasteiger partial charge in [0.15, 0.2) is 5.71 Å². The number of fused-ring (bicyclic) bond motifs is 1. The van der Waals surface area contributed by atoms with Crippen LogP contribution in [0, 0.1) is 0 Å². The average Bonchev–Trinajstić information content (AvgIpc) is 2.87. The van der Waals surface area contributed by atoms with Crippen LogP contribution >= 0.6 is 0 Å². The van der Waals surface area contributed by atoms with Gasteiger partial charge in [-0.25, -0.2) is 0 Å². The number of methoxy groups -OCH3 is 1. The van der Waals surface area contributed by atoms with Gasteiger partial charge >= 0.3 is 0 Å². The summed E-state index contributed by atoms with van der Waals surface area (Å²) < 4.78 is 38.7. The normalized spacial score (nSPS) is 15.7. The van der Waals surface area contributed by atoms with E-state index in [0.717, 1.165) is 17.0 Å². The zero-order valence-electron chi connectivity index (χ0n) is 16.8. The van der Waals surface area contributed by atoms with Crippen molar-refractivity contribution in [1.29, 1.82) is 0 Å². The van der Waals surface area contributed by atoms with Crippen LogP contribution in [-0.2, 0) is 15.5 Å². The van der Waals surface area contributed by atoms with Gasteiger partial charge in [0.1, 0.15) is 18.0 Å². The monoisotopic (exact) mass is 416 g/mol. The van der Waals surface area contributed by atoms with Crippen molar-refractivity contribution in [3.8, 4) is 11.5 Å². The molecule has 0 amide bonds. The molecule has 0 fully saturated rings. The van der Waals surface area contributed by atoms with Gasteiger partial charge in [-0.1, -0.05) is 18.2 Å². The number of phenols is 1. The van der Waals surface area contributed by atoms with Crippen molar-refractivity contribution in [1.82, 2.24) is 0 Å². The fraction of sp³-hybridized carbons (Fsp3) is 0.318. The van der Waals surface area contributed by atoms with Crippen LogP contribution in [0.3, 0.4) is 0 Å². The maximum absolute atomic E-state index is 11.1. The van der Waals surface area contributed by atoms with Crippen molar-refractivity contribution in [2.75, 3.05) is 19.4 Å². The molecule has 0 atom stereocenters. The number of hydrogen-bond donors (Lipinski definition) is 2. The van der Waals surface area contributed by atoms with Crippen molar-refractivity contribution >= 4 is 27.6 Å². The van der Waals surface area contributed by atoms with Gasteiger partial charge in [-0.15, -0.1) is 0 Å². The van der Waals surface area contributed by atoms with Crippen LogP contribution in [0.15, 0.2) is 48.5 Å². The molecule has 1 aliphatic rings. The summed E-state index contributed by atoms with van der Waals surface area (Å²) >= 11 is 0. The Bertz CT molecular complexity index is 1080. The Morgan fingerprint density at radius 2 is 1.86 bits per heavy atom. The minimum Gasteiger partial charge on any atom is -0.507 e. The lowest BCUT2D eigenvalue weighted by Gasteiger charge is -2.15. The molecule has 0 radical (unpaired) electrons. The third-order valence-electron chi connectivity index (χ3n) is 5.24. The highest BCUT2D eigenvalue weighted by molar-refractivity contribution is 7.85. The standard InChI is InChI=1S/C22H25NO5S/c1-22(2)18-7-4-5-8-19(18)23(13-6-14-29(25,26)27)21(22)12-9-16-15-17(28-3)10-11-20(16)24/h4-5,7-12,15H,6,13-14H2,1-3H3,(H,25,26,27)/p+1. The summed E-state index contributed by atoms with van der Waals surface area (Å²) in [6.07, 6.45) is 4.07. The van der Waals surface area contributed by atoms with E-state index >= 15 is 0 Å². The van der Waals surface area contributed by atoms with Crippen LogP contribution in [0.25, 0.3) is 6.08 Å². The average molecular weight is 417 g/mol. The topological polar surface area (TPSA) is 86.8 Å². The molecule has 2 aromatic carbocycles. The number of ether oxygens (including phenoxy) is 1.